The molecule has 2 amide bonds. The summed E-state index contributed by atoms with van der Waals surface area (Å²) < 4.78 is 41.4. The Hall–Kier alpha value is -2.91. The van der Waals surface area contributed by atoms with Crippen LogP contribution in [0.5, 0.6) is 0 Å². The van der Waals surface area contributed by atoms with Crippen LogP contribution >= 0.6 is 0 Å². The lowest BCUT2D eigenvalue weighted by atomic mass is 9.85. The second-order valence-electron chi connectivity index (χ2n) is 6.97. The Labute approximate surface area is 159 Å². The molecule has 0 saturated carbocycles. The number of hydrogen-bond acceptors (Lipinski definition) is 5. The van der Waals surface area contributed by atoms with Crippen molar-refractivity contribution >= 4 is 17.5 Å². The molecule has 0 atom stereocenters. The number of para-hydroxylation sites is 1. The first-order chi connectivity index (χ1) is 13.0. The van der Waals surface area contributed by atoms with Gasteiger partial charge in [0.1, 0.15) is 0 Å². The molecule has 1 heterocycles. The third-order valence-electron chi connectivity index (χ3n) is 4.22. The van der Waals surface area contributed by atoms with Gasteiger partial charge in [-0.1, -0.05) is 37.6 Å². The Morgan fingerprint density at radius 3 is 2.46 bits per heavy atom. The zero-order valence-electron chi connectivity index (χ0n) is 15.5. The van der Waals surface area contributed by atoms with Crippen molar-refractivity contribution in [1.82, 2.24) is 10.1 Å². The van der Waals surface area contributed by atoms with Crippen LogP contribution in [0.4, 0.5) is 18.9 Å². The fourth-order valence-electron chi connectivity index (χ4n) is 2.53. The highest BCUT2D eigenvalue weighted by atomic mass is 19.4. The van der Waals surface area contributed by atoms with Crippen LogP contribution in [0.15, 0.2) is 28.8 Å². The molecule has 0 radical (unpaired) electrons. The smallest absolute Gasteiger partial charge is 0.366 e. The molecule has 0 unspecified atom stereocenters. The van der Waals surface area contributed by atoms with Crippen molar-refractivity contribution in [2.45, 2.75) is 45.7 Å². The molecule has 152 valence electrons. The third-order valence-corrected chi connectivity index (χ3v) is 4.22. The molecule has 2 aromatic rings. The largest absolute Gasteiger partial charge is 0.471 e. The number of aryl methyl sites for hydroxylation is 1. The van der Waals surface area contributed by atoms with E-state index in [2.05, 4.69) is 20.0 Å². The zero-order valence-corrected chi connectivity index (χ0v) is 15.5. The van der Waals surface area contributed by atoms with Gasteiger partial charge in [0.2, 0.25) is 5.91 Å². The Bertz CT molecular complexity index is 847. The maximum Gasteiger partial charge on any atom is 0.471 e. The van der Waals surface area contributed by atoms with E-state index in [4.69, 9.17) is 5.73 Å². The number of nitrogens with one attached hydrogen (secondary N) is 1. The summed E-state index contributed by atoms with van der Waals surface area (Å²) in [7, 11) is 0. The molecule has 10 heteroatoms. The number of benzene rings is 1. The average Bonchev–Trinajstić information content (AvgIpc) is 3.08. The molecule has 1 aromatic heterocycles. The maximum absolute atomic E-state index is 12.6. The van der Waals surface area contributed by atoms with E-state index in [0.717, 1.165) is 0 Å². The number of amides is 2. The molecular formula is C18H21F3N4O3. The van der Waals surface area contributed by atoms with Gasteiger partial charge in [0.25, 0.3) is 5.91 Å². The molecule has 0 spiro atoms. The topological polar surface area (TPSA) is 111 Å². The first kappa shape index (κ1) is 21.4. The zero-order chi connectivity index (χ0) is 20.9. The van der Waals surface area contributed by atoms with Crippen molar-refractivity contribution in [2.75, 3.05) is 5.32 Å². The van der Waals surface area contributed by atoms with Gasteiger partial charge in [-0.3, -0.25) is 9.59 Å². The van der Waals surface area contributed by atoms with E-state index in [1.807, 2.05) is 0 Å². The monoisotopic (exact) mass is 398 g/mol. The number of alkyl halides is 3. The van der Waals surface area contributed by atoms with Crippen molar-refractivity contribution in [1.29, 1.82) is 0 Å². The molecule has 7 nitrogen and oxygen atoms in total. The lowest BCUT2D eigenvalue weighted by Crippen LogP contribution is -2.31. The van der Waals surface area contributed by atoms with Gasteiger partial charge in [-0.2, -0.15) is 18.2 Å². The highest BCUT2D eigenvalue weighted by Crippen LogP contribution is 2.29. The molecule has 0 aliphatic heterocycles. The third kappa shape index (κ3) is 5.54. The van der Waals surface area contributed by atoms with E-state index in [0.29, 0.717) is 24.9 Å². The number of unbranched alkanes of at least 4 members (excludes halogenated alkanes) is 1. The van der Waals surface area contributed by atoms with Crippen molar-refractivity contribution in [3.63, 3.8) is 0 Å². The second-order valence-corrected chi connectivity index (χ2v) is 6.97. The van der Waals surface area contributed by atoms with Gasteiger partial charge < -0.3 is 15.6 Å². The van der Waals surface area contributed by atoms with Crippen molar-refractivity contribution in [2.24, 2.45) is 11.1 Å². The van der Waals surface area contributed by atoms with Gasteiger partial charge >= 0.3 is 12.1 Å². The van der Waals surface area contributed by atoms with Gasteiger partial charge in [-0.15, -0.1) is 0 Å². The molecule has 0 fully saturated rings. The molecule has 0 bridgehead atoms. The number of carbonyl (C=O) groups is 2. The van der Waals surface area contributed by atoms with E-state index < -0.39 is 23.4 Å². The number of halogens is 3. The number of nitrogens with two attached hydrogens (primary N) is 1. The lowest BCUT2D eigenvalue weighted by molar-refractivity contribution is -0.159. The Kier molecular flexibility index (Phi) is 6.42. The second kappa shape index (κ2) is 8.41. The minimum Gasteiger partial charge on any atom is -0.366 e. The summed E-state index contributed by atoms with van der Waals surface area (Å²) >= 11 is 0. The number of hydrogen-bond donors (Lipinski definition) is 2. The maximum atomic E-state index is 12.6. The summed E-state index contributed by atoms with van der Waals surface area (Å²) in [5.41, 5.74) is 5.08. The molecule has 0 aliphatic rings. The minimum absolute atomic E-state index is 0.0232. The van der Waals surface area contributed by atoms with E-state index in [1.54, 1.807) is 32.0 Å². The highest BCUT2D eigenvalue weighted by Gasteiger charge is 2.38. The van der Waals surface area contributed by atoms with Gasteiger partial charge in [0.05, 0.1) is 11.3 Å². The summed E-state index contributed by atoms with van der Waals surface area (Å²) in [5.74, 6) is -2.33. The molecule has 3 N–H and O–H groups in total. The van der Waals surface area contributed by atoms with Crippen molar-refractivity contribution < 1.29 is 27.3 Å². The van der Waals surface area contributed by atoms with Crippen molar-refractivity contribution in [3.05, 3.63) is 41.5 Å². The van der Waals surface area contributed by atoms with Crippen molar-refractivity contribution in [3.8, 4) is 0 Å². The van der Waals surface area contributed by atoms with Crippen LogP contribution in [-0.2, 0) is 17.4 Å². The Morgan fingerprint density at radius 1 is 1.18 bits per heavy atom. The quantitative estimate of drug-likeness (QED) is 0.661. The van der Waals surface area contributed by atoms with E-state index in [9.17, 15) is 22.8 Å². The molecule has 0 saturated heterocycles. The Balaban J connectivity index is 1.87. The number of anilines is 1. The van der Waals surface area contributed by atoms with E-state index >= 15 is 0 Å². The fraction of sp³-hybridized carbons (Fsp3) is 0.444. The van der Waals surface area contributed by atoms with Crippen LogP contribution in [-0.4, -0.2) is 22.0 Å². The van der Waals surface area contributed by atoms with Crippen LogP contribution in [0.3, 0.4) is 0 Å². The summed E-state index contributed by atoms with van der Waals surface area (Å²) in [4.78, 5) is 27.3. The summed E-state index contributed by atoms with van der Waals surface area (Å²) in [6.45, 7) is 3.48. The predicted molar refractivity (Wildman–Crippen MR) is 94.2 cm³/mol. The normalized spacial score (nSPS) is 12.0. The summed E-state index contributed by atoms with van der Waals surface area (Å²) in [5, 5.41) is 6.01. The van der Waals surface area contributed by atoms with E-state index in [1.165, 1.54) is 6.07 Å². The number of primary amides is 1. The van der Waals surface area contributed by atoms with Gasteiger partial charge in [0, 0.05) is 11.8 Å². The number of aromatic nitrogens is 2. The molecule has 2 rings (SSSR count). The number of nitrogens with zero attached hydrogens (tertiary/aromatic N) is 2. The van der Waals surface area contributed by atoms with Gasteiger partial charge in [-0.25, -0.2) is 0 Å². The van der Waals surface area contributed by atoms with Crippen LogP contribution in [0.25, 0.3) is 0 Å². The summed E-state index contributed by atoms with van der Waals surface area (Å²) in [6, 6.07) is 6.42. The number of rotatable bonds is 8. The molecular weight excluding hydrogens is 377 g/mol. The lowest BCUT2D eigenvalue weighted by Gasteiger charge is -2.24. The van der Waals surface area contributed by atoms with E-state index in [-0.39, 0.29) is 23.7 Å². The predicted octanol–water partition coefficient (Wildman–Crippen LogP) is 3.57. The first-order valence-corrected chi connectivity index (χ1v) is 8.61. The molecule has 28 heavy (non-hydrogen) atoms. The minimum atomic E-state index is -4.66. The molecule has 0 aliphatic carbocycles. The summed E-state index contributed by atoms with van der Waals surface area (Å²) in [6.07, 6.45) is -2.92. The van der Waals surface area contributed by atoms with Gasteiger partial charge in [0.15, 0.2) is 5.82 Å². The van der Waals surface area contributed by atoms with Crippen LogP contribution in [0.2, 0.25) is 0 Å². The average molecular weight is 398 g/mol. The SMILES string of the molecule is CC(C)(CCCCc1noc(C(F)(F)F)n1)C(=O)Nc1ccccc1C(N)=O. The Morgan fingerprint density at radius 2 is 1.86 bits per heavy atom. The van der Waals surface area contributed by atoms with Crippen LogP contribution in [0, 0.1) is 5.41 Å². The standard InChI is InChI=1S/C18H21F3N4O3/c1-17(2,15(27)23-12-8-4-3-7-11(12)14(22)26)10-6-5-9-13-24-16(28-25-13)18(19,20)21/h3-4,7-8H,5-6,9-10H2,1-2H3,(H2,22,26)(H,23,27). The fourth-order valence-corrected chi connectivity index (χ4v) is 2.53. The van der Waals surface area contributed by atoms with Crippen LogP contribution in [0.1, 0.15) is 55.2 Å². The van der Waals surface area contributed by atoms with Gasteiger partial charge in [-0.05, 0) is 25.0 Å². The van der Waals surface area contributed by atoms with Crippen LogP contribution < -0.4 is 11.1 Å². The molecule has 1 aromatic carbocycles. The highest BCUT2D eigenvalue weighted by molar-refractivity contribution is 6.04. The number of carbonyl (C=O) groups excluding carboxylic acids is 2. The first-order valence-electron chi connectivity index (χ1n) is 8.61.